The second kappa shape index (κ2) is 7.53. The Hall–Kier alpha value is 0.270. The van der Waals surface area contributed by atoms with Crippen molar-refractivity contribution < 1.29 is 0 Å². The molecule has 0 aliphatic carbocycles. The summed E-state index contributed by atoms with van der Waals surface area (Å²) in [4.78, 5) is 2.45. The SMILES string of the molecule is CSCCC(C)NC1CCCN(C)CC1. The van der Waals surface area contributed by atoms with E-state index >= 15 is 0 Å². The first-order valence-corrected chi connectivity index (χ1v) is 7.55. The van der Waals surface area contributed by atoms with Crippen LogP contribution in [0.1, 0.15) is 32.6 Å². The van der Waals surface area contributed by atoms with Gasteiger partial charge in [0.2, 0.25) is 0 Å². The van der Waals surface area contributed by atoms with Crippen LogP contribution in [0.3, 0.4) is 0 Å². The molecule has 1 saturated heterocycles. The maximum Gasteiger partial charge on any atom is 0.00821 e. The largest absolute Gasteiger partial charge is 0.311 e. The molecule has 0 radical (unpaired) electrons. The number of thioether (sulfide) groups is 1. The van der Waals surface area contributed by atoms with E-state index in [-0.39, 0.29) is 0 Å². The Balaban J connectivity index is 2.18. The third-order valence-electron chi connectivity index (χ3n) is 3.23. The summed E-state index contributed by atoms with van der Waals surface area (Å²) in [6, 6.07) is 1.44. The van der Waals surface area contributed by atoms with Crippen LogP contribution in [-0.2, 0) is 0 Å². The molecule has 2 atom stereocenters. The quantitative estimate of drug-likeness (QED) is 0.779. The van der Waals surface area contributed by atoms with Gasteiger partial charge in [0.1, 0.15) is 0 Å². The lowest BCUT2D eigenvalue weighted by Crippen LogP contribution is -2.37. The molecule has 0 saturated carbocycles. The predicted octanol–water partition coefficient (Wildman–Crippen LogP) is 2.20. The zero-order chi connectivity index (χ0) is 11.1. The van der Waals surface area contributed by atoms with E-state index in [2.05, 4.69) is 30.4 Å². The minimum absolute atomic E-state index is 0.686. The van der Waals surface area contributed by atoms with Crippen LogP contribution >= 0.6 is 11.8 Å². The number of nitrogens with zero attached hydrogens (tertiary/aromatic N) is 1. The lowest BCUT2D eigenvalue weighted by atomic mass is 10.1. The molecule has 0 bridgehead atoms. The van der Waals surface area contributed by atoms with E-state index in [1.54, 1.807) is 0 Å². The molecule has 1 rings (SSSR count). The van der Waals surface area contributed by atoms with Gasteiger partial charge in [-0.3, -0.25) is 0 Å². The molecule has 15 heavy (non-hydrogen) atoms. The Kier molecular flexibility index (Phi) is 6.69. The first-order chi connectivity index (χ1) is 7.22. The zero-order valence-electron chi connectivity index (χ0n) is 10.5. The van der Waals surface area contributed by atoms with Crippen LogP contribution in [-0.4, -0.2) is 49.1 Å². The highest BCUT2D eigenvalue weighted by atomic mass is 32.2. The van der Waals surface area contributed by atoms with E-state index in [4.69, 9.17) is 0 Å². The molecular weight excluding hydrogens is 204 g/mol. The maximum atomic E-state index is 3.77. The van der Waals surface area contributed by atoms with E-state index < -0.39 is 0 Å². The summed E-state index contributed by atoms with van der Waals surface area (Å²) in [5.74, 6) is 1.28. The average molecular weight is 230 g/mol. The van der Waals surface area contributed by atoms with E-state index in [9.17, 15) is 0 Å². The second-order valence-corrected chi connectivity index (χ2v) is 5.77. The Morgan fingerprint density at radius 2 is 2.20 bits per heavy atom. The second-order valence-electron chi connectivity index (χ2n) is 4.78. The van der Waals surface area contributed by atoms with Crippen LogP contribution in [0, 0.1) is 0 Å². The Labute approximate surface area is 99.2 Å². The van der Waals surface area contributed by atoms with E-state index in [1.807, 2.05) is 11.8 Å². The topological polar surface area (TPSA) is 15.3 Å². The van der Waals surface area contributed by atoms with Crippen molar-refractivity contribution in [3.63, 3.8) is 0 Å². The summed E-state index contributed by atoms with van der Waals surface area (Å²) >= 11 is 1.95. The molecule has 0 amide bonds. The van der Waals surface area contributed by atoms with Crippen molar-refractivity contribution in [3.8, 4) is 0 Å². The summed E-state index contributed by atoms with van der Waals surface area (Å²) in [5.41, 5.74) is 0. The smallest absolute Gasteiger partial charge is 0.00821 e. The van der Waals surface area contributed by atoms with Crippen molar-refractivity contribution in [2.75, 3.05) is 32.1 Å². The molecule has 0 aromatic heterocycles. The van der Waals surface area contributed by atoms with Gasteiger partial charge in [0.15, 0.2) is 0 Å². The molecule has 0 aromatic rings. The van der Waals surface area contributed by atoms with Gasteiger partial charge >= 0.3 is 0 Å². The molecule has 1 aliphatic rings. The van der Waals surface area contributed by atoms with Crippen molar-refractivity contribution in [3.05, 3.63) is 0 Å². The van der Waals surface area contributed by atoms with Crippen molar-refractivity contribution in [2.24, 2.45) is 0 Å². The molecule has 1 heterocycles. The summed E-state index contributed by atoms with van der Waals surface area (Å²) in [6.45, 7) is 4.86. The molecule has 0 spiro atoms. The maximum absolute atomic E-state index is 3.77. The minimum Gasteiger partial charge on any atom is -0.311 e. The van der Waals surface area contributed by atoms with Gasteiger partial charge in [-0.1, -0.05) is 0 Å². The van der Waals surface area contributed by atoms with Crippen LogP contribution in [0.25, 0.3) is 0 Å². The molecule has 1 aliphatic heterocycles. The van der Waals surface area contributed by atoms with Crippen molar-refractivity contribution >= 4 is 11.8 Å². The fourth-order valence-electron chi connectivity index (χ4n) is 2.19. The fraction of sp³-hybridized carbons (Fsp3) is 1.00. The Morgan fingerprint density at radius 1 is 1.40 bits per heavy atom. The average Bonchev–Trinajstić information content (AvgIpc) is 2.41. The molecular formula is C12H26N2S. The Morgan fingerprint density at radius 3 is 2.93 bits per heavy atom. The monoisotopic (exact) mass is 230 g/mol. The van der Waals surface area contributed by atoms with Gasteiger partial charge in [0.25, 0.3) is 0 Å². The van der Waals surface area contributed by atoms with Crippen LogP contribution in [0.15, 0.2) is 0 Å². The lowest BCUT2D eigenvalue weighted by molar-refractivity contribution is 0.339. The van der Waals surface area contributed by atoms with Crippen LogP contribution in [0.2, 0.25) is 0 Å². The summed E-state index contributed by atoms with van der Waals surface area (Å²) in [6.07, 6.45) is 7.51. The first-order valence-electron chi connectivity index (χ1n) is 6.16. The van der Waals surface area contributed by atoms with Gasteiger partial charge in [0, 0.05) is 12.1 Å². The van der Waals surface area contributed by atoms with Gasteiger partial charge in [-0.15, -0.1) is 0 Å². The van der Waals surface area contributed by atoms with Gasteiger partial charge in [-0.05, 0) is 64.8 Å². The van der Waals surface area contributed by atoms with Crippen LogP contribution in [0.4, 0.5) is 0 Å². The summed E-state index contributed by atoms with van der Waals surface area (Å²) in [5, 5.41) is 3.77. The minimum atomic E-state index is 0.686. The number of rotatable bonds is 5. The van der Waals surface area contributed by atoms with Crippen LogP contribution < -0.4 is 5.32 Å². The highest BCUT2D eigenvalue weighted by Gasteiger charge is 2.15. The molecule has 90 valence electrons. The number of hydrogen-bond acceptors (Lipinski definition) is 3. The molecule has 2 unspecified atom stereocenters. The van der Waals surface area contributed by atoms with Crippen molar-refractivity contribution in [1.82, 2.24) is 10.2 Å². The van der Waals surface area contributed by atoms with Crippen molar-refractivity contribution in [2.45, 2.75) is 44.7 Å². The number of likely N-dealkylation sites (tertiary alicyclic amines) is 1. The van der Waals surface area contributed by atoms with Gasteiger partial charge in [-0.25, -0.2) is 0 Å². The highest BCUT2D eigenvalue weighted by molar-refractivity contribution is 7.98. The van der Waals surface area contributed by atoms with Crippen molar-refractivity contribution in [1.29, 1.82) is 0 Å². The van der Waals surface area contributed by atoms with E-state index in [0.717, 1.165) is 6.04 Å². The normalized spacial score (nSPS) is 26.2. The van der Waals surface area contributed by atoms with Gasteiger partial charge < -0.3 is 10.2 Å². The summed E-state index contributed by atoms with van der Waals surface area (Å²) in [7, 11) is 2.24. The molecule has 1 fully saturated rings. The third kappa shape index (κ3) is 5.79. The number of nitrogens with one attached hydrogen (secondary N) is 1. The van der Waals surface area contributed by atoms with Gasteiger partial charge in [0.05, 0.1) is 0 Å². The molecule has 2 nitrogen and oxygen atoms in total. The molecule has 1 N–H and O–H groups in total. The zero-order valence-corrected chi connectivity index (χ0v) is 11.3. The first kappa shape index (κ1) is 13.3. The van der Waals surface area contributed by atoms with E-state index in [1.165, 1.54) is 44.5 Å². The molecule has 0 aromatic carbocycles. The fourth-order valence-corrected chi connectivity index (χ4v) is 2.78. The van der Waals surface area contributed by atoms with Crippen LogP contribution in [0.5, 0.6) is 0 Å². The lowest BCUT2D eigenvalue weighted by Gasteiger charge is -2.21. The number of hydrogen-bond donors (Lipinski definition) is 1. The predicted molar refractivity (Wildman–Crippen MR) is 70.7 cm³/mol. The molecule has 3 heteroatoms. The Bertz CT molecular complexity index is 164. The van der Waals surface area contributed by atoms with E-state index in [0.29, 0.717) is 6.04 Å². The summed E-state index contributed by atoms with van der Waals surface area (Å²) < 4.78 is 0. The highest BCUT2D eigenvalue weighted by Crippen LogP contribution is 2.11. The van der Waals surface area contributed by atoms with Gasteiger partial charge in [-0.2, -0.15) is 11.8 Å². The standard InChI is InChI=1S/C12H26N2S/c1-11(7-10-15-3)13-12-5-4-8-14(2)9-6-12/h11-13H,4-10H2,1-3H3. The third-order valence-corrected chi connectivity index (χ3v) is 3.87.